The fourth-order valence-corrected chi connectivity index (χ4v) is 3.12. The number of aryl methyl sites for hydroxylation is 1. The van der Waals surface area contributed by atoms with Gasteiger partial charge in [0.2, 0.25) is 0 Å². The monoisotopic (exact) mass is 320 g/mol. The summed E-state index contributed by atoms with van der Waals surface area (Å²) in [5, 5.41) is 5.58. The Bertz CT molecular complexity index is 605. The predicted molar refractivity (Wildman–Crippen MR) is 75.7 cm³/mol. The number of amides is 1. The first-order valence-corrected chi connectivity index (χ1v) is 8.14. The van der Waals surface area contributed by atoms with Crippen molar-refractivity contribution in [2.75, 3.05) is 26.2 Å². The molecule has 0 bridgehead atoms. The van der Waals surface area contributed by atoms with Gasteiger partial charge in [0.05, 0.1) is 5.02 Å². The van der Waals surface area contributed by atoms with Gasteiger partial charge in [-0.3, -0.25) is 4.79 Å². The minimum atomic E-state index is -3.68. The van der Waals surface area contributed by atoms with E-state index in [1.54, 1.807) is 21.7 Å². The molecule has 0 saturated carbocycles. The second-order valence-corrected chi connectivity index (χ2v) is 6.55. The summed E-state index contributed by atoms with van der Waals surface area (Å²) < 4.78 is 25.4. The second kappa shape index (κ2) is 5.72. The number of carbonyl (C=O) groups excluding carboxylic acids is 1. The van der Waals surface area contributed by atoms with Crippen LogP contribution in [0.15, 0.2) is 12.3 Å². The first-order valence-electron chi connectivity index (χ1n) is 6.25. The van der Waals surface area contributed by atoms with E-state index in [1.807, 2.05) is 6.92 Å². The van der Waals surface area contributed by atoms with E-state index in [2.05, 4.69) is 0 Å². The van der Waals surface area contributed by atoms with Gasteiger partial charge in [0.1, 0.15) is 5.69 Å². The molecule has 2 N–H and O–H groups in total. The minimum Gasteiger partial charge on any atom is -0.342 e. The number of carbonyl (C=O) groups is 1. The number of hydrogen-bond donors (Lipinski definition) is 1. The minimum absolute atomic E-state index is 0.146. The fourth-order valence-electron chi connectivity index (χ4n) is 2.22. The van der Waals surface area contributed by atoms with Gasteiger partial charge in [-0.1, -0.05) is 11.6 Å². The van der Waals surface area contributed by atoms with Gasteiger partial charge < -0.3 is 9.47 Å². The molecule has 1 aliphatic rings. The summed E-state index contributed by atoms with van der Waals surface area (Å²) in [7, 11) is -3.68. The maximum absolute atomic E-state index is 12.4. The number of piperazine rings is 1. The maximum atomic E-state index is 12.4. The maximum Gasteiger partial charge on any atom is 0.277 e. The van der Waals surface area contributed by atoms with E-state index in [-0.39, 0.29) is 19.0 Å². The summed E-state index contributed by atoms with van der Waals surface area (Å²) in [5.41, 5.74) is 0.515. The van der Waals surface area contributed by atoms with Crippen LogP contribution in [0.2, 0.25) is 5.02 Å². The molecule has 1 saturated heterocycles. The van der Waals surface area contributed by atoms with Crippen molar-refractivity contribution in [2.45, 2.75) is 13.5 Å². The van der Waals surface area contributed by atoms with Crippen molar-refractivity contribution >= 4 is 27.7 Å². The quantitative estimate of drug-likeness (QED) is 0.858. The van der Waals surface area contributed by atoms with E-state index in [9.17, 15) is 13.2 Å². The Balaban J connectivity index is 2.09. The highest BCUT2D eigenvalue weighted by atomic mass is 35.5. The Kier molecular flexibility index (Phi) is 4.38. The van der Waals surface area contributed by atoms with Crippen LogP contribution in [0.5, 0.6) is 0 Å². The molecule has 1 aromatic heterocycles. The number of hydrogen-bond acceptors (Lipinski definition) is 3. The summed E-state index contributed by atoms with van der Waals surface area (Å²) >= 11 is 5.91. The second-order valence-electron chi connectivity index (χ2n) is 4.57. The summed E-state index contributed by atoms with van der Waals surface area (Å²) in [6.07, 6.45) is 1.70. The van der Waals surface area contributed by atoms with E-state index in [1.165, 1.54) is 4.31 Å². The summed E-state index contributed by atoms with van der Waals surface area (Å²) in [6, 6.07) is 1.62. The highest BCUT2D eigenvalue weighted by Crippen LogP contribution is 2.17. The zero-order valence-corrected chi connectivity index (χ0v) is 12.7. The van der Waals surface area contributed by atoms with Crippen LogP contribution in [0.3, 0.4) is 0 Å². The van der Waals surface area contributed by atoms with Crippen LogP contribution in [-0.2, 0) is 16.8 Å². The Hall–Kier alpha value is -1.09. The molecule has 0 radical (unpaired) electrons. The van der Waals surface area contributed by atoms with Crippen LogP contribution in [-0.4, -0.2) is 54.3 Å². The third-order valence-electron chi connectivity index (χ3n) is 3.31. The van der Waals surface area contributed by atoms with Crippen LogP contribution in [0.25, 0.3) is 0 Å². The van der Waals surface area contributed by atoms with Gasteiger partial charge in [-0.05, 0) is 13.0 Å². The van der Waals surface area contributed by atoms with Crippen LogP contribution in [0.1, 0.15) is 17.4 Å². The molecule has 0 aliphatic carbocycles. The molecular weight excluding hydrogens is 304 g/mol. The van der Waals surface area contributed by atoms with E-state index in [4.69, 9.17) is 16.7 Å². The molecule has 112 valence electrons. The van der Waals surface area contributed by atoms with E-state index >= 15 is 0 Å². The van der Waals surface area contributed by atoms with Gasteiger partial charge in [0, 0.05) is 38.9 Å². The molecule has 1 fully saturated rings. The number of aromatic nitrogens is 1. The average molecular weight is 321 g/mol. The number of nitrogens with two attached hydrogens (primary N) is 1. The number of rotatable bonds is 3. The van der Waals surface area contributed by atoms with Crippen molar-refractivity contribution in [2.24, 2.45) is 5.14 Å². The van der Waals surface area contributed by atoms with Gasteiger partial charge in [0.25, 0.3) is 16.1 Å². The molecule has 7 nitrogen and oxygen atoms in total. The predicted octanol–water partition coefficient (Wildman–Crippen LogP) is 0.123. The lowest BCUT2D eigenvalue weighted by Gasteiger charge is -2.33. The molecule has 1 amide bonds. The summed E-state index contributed by atoms with van der Waals surface area (Å²) in [4.78, 5) is 14.0. The van der Waals surface area contributed by atoms with Crippen molar-refractivity contribution in [3.8, 4) is 0 Å². The van der Waals surface area contributed by atoms with Crippen molar-refractivity contribution in [1.29, 1.82) is 0 Å². The summed E-state index contributed by atoms with van der Waals surface area (Å²) in [5.74, 6) is -0.146. The zero-order valence-electron chi connectivity index (χ0n) is 11.1. The Labute approximate surface area is 123 Å². The highest BCUT2D eigenvalue weighted by Gasteiger charge is 2.28. The summed E-state index contributed by atoms with van der Waals surface area (Å²) in [6.45, 7) is 3.64. The van der Waals surface area contributed by atoms with Gasteiger partial charge in [-0.25, -0.2) is 5.14 Å². The standard InChI is InChI=1S/C11H17ClN4O3S/c1-2-14-8-9(12)7-10(14)11(17)15-3-5-16(6-4-15)20(13,18)19/h7-8H,2-6H2,1H3,(H2,13,18,19). The van der Waals surface area contributed by atoms with Crippen molar-refractivity contribution < 1.29 is 13.2 Å². The van der Waals surface area contributed by atoms with Crippen molar-refractivity contribution in [1.82, 2.24) is 13.8 Å². The Morgan fingerprint density at radius 3 is 2.45 bits per heavy atom. The largest absolute Gasteiger partial charge is 0.342 e. The van der Waals surface area contributed by atoms with E-state index in [0.717, 1.165) is 0 Å². The Morgan fingerprint density at radius 2 is 1.95 bits per heavy atom. The average Bonchev–Trinajstić information content (AvgIpc) is 2.78. The van der Waals surface area contributed by atoms with Gasteiger partial charge >= 0.3 is 0 Å². The van der Waals surface area contributed by atoms with E-state index in [0.29, 0.717) is 30.4 Å². The van der Waals surface area contributed by atoms with Crippen molar-refractivity contribution in [3.05, 3.63) is 23.0 Å². The lowest BCUT2D eigenvalue weighted by molar-refractivity contribution is 0.0687. The van der Waals surface area contributed by atoms with Crippen LogP contribution >= 0.6 is 11.6 Å². The number of nitrogens with zero attached hydrogens (tertiary/aromatic N) is 3. The molecular formula is C11H17ClN4O3S. The van der Waals surface area contributed by atoms with E-state index < -0.39 is 10.2 Å². The first-order chi connectivity index (χ1) is 9.32. The first kappa shape index (κ1) is 15.3. The molecule has 2 rings (SSSR count). The molecule has 2 heterocycles. The molecule has 1 aliphatic heterocycles. The van der Waals surface area contributed by atoms with Gasteiger partial charge in [-0.2, -0.15) is 12.7 Å². The lowest BCUT2D eigenvalue weighted by Crippen LogP contribution is -2.52. The molecule has 1 aromatic rings. The molecule has 0 atom stereocenters. The highest BCUT2D eigenvalue weighted by molar-refractivity contribution is 7.86. The lowest BCUT2D eigenvalue weighted by atomic mass is 10.3. The smallest absolute Gasteiger partial charge is 0.277 e. The molecule has 0 spiro atoms. The number of halogens is 1. The zero-order chi connectivity index (χ0) is 14.9. The van der Waals surface area contributed by atoms with Crippen LogP contribution in [0, 0.1) is 0 Å². The van der Waals surface area contributed by atoms with Gasteiger partial charge in [-0.15, -0.1) is 0 Å². The molecule has 20 heavy (non-hydrogen) atoms. The third kappa shape index (κ3) is 3.14. The van der Waals surface area contributed by atoms with Crippen LogP contribution in [0.4, 0.5) is 0 Å². The molecule has 0 aromatic carbocycles. The topological polar surface area (TPSA) is 88.6 Å². The molecule has 9 heteroatoms. The van der Waals surface area contributed by atoms with Crippen molar-refractivity contribution in [3.63, 3.8) is 0 Å². The normalized spacial score (nSPS) is 17.4. The van der Waals surface area contributed by atoms with Crippen LogP contribution < -0.4 is 5.14 Å². The fraction of sp³-hybridized carbons (Fsp3) is 0.545. The van der Waals surface area contributed by atoms with Gasteiger partial charge in [0.15, 0.2) is 0 Å². The Morgan fingerprint density at radius 1 is 1.35 bits per heavy atom. The third-order valence-corrected chi connectivity index (χ3v) is 4.60. The SMILES string of the molecule is CCn1cc(Cl)cc1C(=O)N1CCN(S(N)(=O)=O)CC1. The molecule has 0 unspecified atom stereocenters.